The Balaban J connectivity index is 1.68. The number of carbonyl (C=O) groups excluding carboxylic acids is 3. The average molecular weight is 370 g/mol. The van der Waals surface area contributed by atoms with Gasteiger partial charge in [0.1, 0.15) is 5.78 Å². The first-order chi connectivity index (χ1) is 12.7. The summed E-state index contributed by atoms with van der Waals surface area (Å²) >= 11 is 0. The number of rotatable bonds is 2. The molecule has 0 amide bonds. The fourth-order valence-corrected chi connectivity index (χ4v) is 7.01. The third-order valence-corrected chi connectivity index (χ3v) is 8.33. The molecule has 4 aliphatic rings. The Hall–Kier alpha value is -1.71. The summed E-state index contributed by atoms with van der Waals surface area (Å²) in [4.78, 5) is 36.1. The van der Waals surface area contributed by atoms with Gasteiger partial charge in [-0.05, 0) is 72.8 Å². The van der Waals surface area contributed by atoms with Crippen molar-refractivity contribution in [1.82, 2.24) is 0 Å². The molecular formula is C23H30O4. The standard InChI is InChI=1S/C23H30O4/c1-13(24)17-7-8-18-16-6-5-15-11-20(26)21(27-14(2)25)12-23(15,4)19(16)9-10-22(17,18)3/h5-6,11,16-19,21H,7-10,12H2,1-4H3/t16-,17+,18-,19-,21?,22+,23-/m0/s1. The van der Waals surface area contributed by atoms with E-state index in [0.29, 0.717) is 30.0 Å². The molecule has 0 N–H and O–H groups in total. The minimum absolute atomic E-state index is 0.0920. The van der Waals surface area contributed by atoms with Gasteiger partial charge in [0.05, 0.1) is 0 Å². The minimum atomic E-state index is -0.662. The van der Waals surface area contributed by atoms with Gasteiger partial charge in [-0.1, -0.05) is 26.0 Å². The SMILES string of the molecule is CC(=O)OC1C[C@@]2(C)C(=CC1=O)C=C[C@H]1[C@@H]3CC[C@H](C(C)=O)[C@@]3(C)CC[C@@H]12. The Labute approximate surface area is 161 Å². The maximum absolute atomic E-state index is 12.4. The van der Waals surface area contributed by atoms with Crippen molar-refractivity contribution in [3.05, 3.63) is 23.8 Å². The molecule has 2 fully saturated rings. The summed E-state index contributed by atoms with van der Waals surface area (Å²) in [5, 5.41) is 0. The molecular weight excluding hydrogens is 340 g/mol. The second kappa shape index (κ2) is 6.15. The number of esters is 1. The first kappa shape index (κ1) is 18.6. The van der Waals surface area contributed by atoms with Crippen LogP contribution < -0.4 is 0 Å². The lowest BCUT2D eigenvalue weighted by atomic mass is 9.48. The number of ether oxygens (including phenoxy) is 1. The number of carbonyl (C=O) groups is 3. The topological polar surface area (TPSA) is 60.4 Å². The fourth-order valence-electron chi connectivity index (χ4n) is 7.01. The van der Waals surface area contributed by atoms with Crippen molar-refractivity contribution in [2.75, 3.05) is 0 Å². The highest BCUT2D eigenvalue weighted by molar-refractivity contribution is 5.97. The highest BCUT2D eigenvalue weighted by Crippen LogP contribution is 2.65. The zero-order valence-electron chi connectivity index (χ0n) is 16.8. The van der Waals surface area contributed by atoms with Crippen LogP contribution in [0.25, 0.3) is 0 Å². The molecule has 0 radical (unpaired) electrons. The Morgan fingerprint density at radius 3 is 2.52 bits per heavy atom. The smallest absolute Gasteiger partial charge is 0.303 e. The lowest BCUT2D eigenvalue weighted by molar-refractivity contribution is -0.155. The first-order valence-electron chi connectivity index (χ1n) is 10.3. The van der Waals surface area contributed by atoms with E-state index >= 15 is 0 Å². The van der Waals surface area contributed by atoms with Crippen LogP contribution in [0.3, 0.4) is 0 Å². The number of hydrogen-bond donors (Lipinski definition) is 0. The lowest BCUT2D eigenvalue weighted by Crippen LogP contribution is -2.51. The summed E-state index contributed by atoms with van der Waals surface area (Å²) in [6.45, 7) is 7.67. The van der Waals surface area contributed by atoms with Crippen molar-refractivity contribution < 1.29 is 19.1 Å². The van der Waals surface area contributed by atoms with Crippen molar-refractivity contribution in [2.45, 2.75) is 65.9 Å². The molecule has 2 saturated carbocycles. The van der Waals surface area contributed by atoms with Crippen molar-refractivity contribution in [1.29, 1.82) is 0 Å². The molecule has 0 bridgehead atoms. The summed E-state index contributed by atoms with van der Waals surface area (Å²) in [7, 11) is 0. The van der Waals surface area contributed by atoms with Gasteiger partial charge >= 0.3 is 5.97 Å². The van der Waals surface area contributed by atoms with Crippen LogP contribution in [0.5, 0.6) is 0 Å². The highest BCUT2D eigenvalue weighted by Gasteiger charge is 2.59. The summed E-state index contributed by atoms with van der Waals surface area (Å²) in [6.07, 6.45) is 10.3. The van der Waals surface area contributed by atoms with E-state index in [4.69, 9.17) is 4.74 Å². The fraction of sp³-hybridized carbons (Fsp3) is 0.696. The number of ketones is 2. The Morgan fingerprint density at radius 1 is 1.11 bits per heavy atom. The molecule has 0 aromatic rings. The second-order valence-electron chi connectivity index (χ2n) is 9.66. The molecule has 0 aromatic heterocycles. The maximum Gasteiger partial charge on any atom is 0.303 e. The van der Waals surface area contributed by atoms with Crippen molar-refractivity contribution in [3.63, 3.8) is 0 Å². The van der Waals surface area contributed by atoms with Gasteiger partial charge in [0, 0.05) is 19.3 Å². The van der Waals surface area contributed by atoms with Crippen molar-refractivity contribution in [2.24, 2.45) is 34.5 Å². The van der Waals surface area contributed by atoms with E-state index in [1.165, 1.54) is 6.92 Å². The highest BCUT2D eigenvalue weighted by atomic mass is 16.5. The minimum Gasteiger partial charge on any atom is -0.454 e. The van der Waals surface area contributed by atoms with Gasteiger partial charge in [0.25, 0.3) is 0 Å². The summed E-state index contributed by atoms with van der Waals surface area (Å²) < 4.78 is 5.35. The zero-order valence-corrected chi connectivity index (χ0v) is 16.8. The molecule has 146 valence electrons. The van der Waals surface area contributed by atoms with Crippen LogP contribution in [0.15, 0.2) is 23.8 Å². The molecule has 0 spiro atoms. The van der Waals surface area contributed by atoms with Gasteiger partial charge in [0.2, 0.25) is 0 Å². The molecule has 0 heterocycles. The molecule has 0 saturated heterocycles. The van der Waals surface area contributed by atoms with E-state index in [-0.39, 0.29) is 22.5 Å². The number of hydrogen-bond acceptors (Lipinski definition) is 4. The zero-order chi connectivity index (χ0) is 19.6. The van der Waals surface area contributed by atoms with Crippen molar-refractivity contribution >= 4 is 17.5 Å². The summed E-state index contributed by atoms with van der Waals surface area (Å²) in [5.41, 5.74) is 1.03. The van der Waals surface area contributed by atoms with Crippen LogP contribution in [0, 0.1) is 34.5 Å². The van der Waals surface area contributed by atoms with E-state index < -0.39 is 12.1 Å². The maximum atomic E-state index is 12.4. The largest absolute Gasteiger partial charge is 0.454 e. The van der Waals surface area contributed by atoms with E-state index in [1.54, 1.807) is 13.0 Å². The molecule has 4 rings (SSSR count). The van der Waals surface area contributed by atoms with Gasteiger partial charge in [0.15, 0.2) is 11.9 Å². The lowest BCUT2D eigenvalue weighted by Gasteiger charge is -2.56. The van der Waals surface area contributed by atoms with Gasteiger partial charge in [-0.15, -0.1) is 0 Å². The Kier molecular flexibility index (Phi) is 4.25. The number of allylic oxidation sites excluding steroid dienone is 3. The van der Waals surface area contributed by atoms with Crippen LogP contribution in [0.4, 0.5) is 0 Å². The number of Topliss-reactive ketones (excluding diaryl/α,β-unsaturated/α-hetero) is 1. The van der Waals surface area contributed by atoms with Crippen molar-refractivity contribution in [3.8, 4) is 0 Å². The predicted octanol–water partition coefficient (Wildman–Crippen LogP) is 4.04. The quantitative estimate of drug-likeness (QED) is 0.688. The molecule has 4 heteroatoms. The second-order valence-corrected chi connectivity index (χ2v) is 9.66. The first-order valence-corrected chi connectivity index (χ1v) is 10.3. The summed E-state index contributed by atoms with van der Waals surface area (Å²) in [5.74, 6) is 1.41. The van der Waals surface area contributed by atoms with Crippen LogP contribution >= 0.6 is 0 Å². The molecule has 0 aromatic carbocycles. The molecule has 0 aliphatic heterocycles. The Bertz CT molecular complexity index is 762. The third kappa shape index (κ3) is 2.67. The van der Waals surface area contributed by atoms with E-state index in [9.17, 15) is 14.4 Å². The van der Waals surface area contributed by atoms with Crippen LogP contribution in [-0.2, 0) is 19.1 Å². The van der Waals surface area contributed by atoms with Crippen LogP contribution in [0.2, 0.25) is 0 Å². The van der Waals surface area contributed by atoms with Gasteiger partial charge in [-0.3, -0.25) is 14.4 Å². The summed E-state index contributed by atoms with van der Waals surface area (Å²) in [6, 6.07) is 0. The number of fused-ring (bicyclic) bond motifs is 5. The molecule has 4 nitrogen and oxygen atoms in total. The van der Waals surface area contributed by atoms with Gasteiger partial charge < -0.3 is 4.74 Å². The van der Waals surface area contributed by atoms with Gasteiger partial charge in [-0.2, -0.15) is 0 Å². The molecule has 1 unspecified atom stereocenters. The van der Waals surface area contributed by atoms with E-state index in [1.807, 2.05) is 0 Å². The van der Waals surface area contributed by atoms with E-state index in [0.717, 1.165) is 31.3 Å². The molecule has 7 atom stereocenters. The molecule has 4 aliphatic carbocycles. The Morgan fingerprint density at radius 2 is 1.85 bits per heavy atom. The third-order valence-electron chi connectivity index (χ3n) is 8.33. The monoisotopic (exact) mass is 370 g/mol. The van der Waals surface area contributed by atoms with Crippen LogP contribution in [0.1, 0.15) is 59.8 Å². The van der Waals surface area contributed by atoms with Gasteiger partial charge in [-0.25, -0.2) is 0 Å². The normalized spacial score (nSPS) is 45.4. The van der Waals surface area contributed by atoms with Crippen LogP contribution in [-0.4, -0.2) is 23.6 Å². The molecule has 27 heavy (non-hydrogen) atoms. The van der Waals surface area contributed by atoms with E-state index in [2.05, 4.69) is 26.0 Å². The average Bonchev–Trinajstić information content (AvgIpc) is 2.93. The predicted molar refractivity (Wildman–Crippen MR) is 102 cm³/mol.